The van der Waals surface area contributed by atoms with Crippen LogP contribution < -0.4 is 10.5 Å². The minimum Gasteiger partial charge on any atom is -0.491 e. The highest BCUT2D eigenvalue weighted by molar-refractivity contribution is 5.97. The van der Waals surface area contributed by atoms with E-state index in [1.54, 1.807) is 0 Å². The molecule has 0 aliphatic heterocycles. The summed E-state index contributed by atoms with van der Waals surface area (Å²) in [6.07, 6.45) is -3.78. The molecule has 0 amide bonds. The third-order valence-electron chi connectivity index (χ3n) is 2.52. The van der Waals surface area contributed by atoms with Crippen molar-refractivity contribution in [2.24, 2.45) is 10.9 Å². The first-order chi connectivity index (χ1) is 9.90. The van der Waals surface area contributed by atoms with Crippen LogP contribution in [-0.2, 0) is 10.9 Å². The lowest BCUT2D eigenvalue weighted by Gasteiger charge is -2.15. The Balaban J connectivity index is 2.88. The van der Waals surface area contributed by atoms with Crippen LogP contribution in [0.5, 0.6) is 5.75 Å². The average Bonchev–Trinajstić information content (AvgIpc) is 2.45. The van der Waals surface area contributed by atoms with Gasteiger partial charge in [-0.3, -0.25) is 0 Å². The van der Waals surface area contributed by atoms with Gasteiger partial charge in [-0.1, -0.05) is 12.1 Å². The van der Waals surface area contributed by atoms with E-state index in [-0.39, 0.29) is 24.5 Å². The normalized spacial score (nSPS) is 12.5. The maximum atomic E-state index is 13.0. The van der Waals surface area contributed by atoms with Crippen molar-refractivity contribution in [3.05, 3.63) is 29.3 Å². The molecule has 0 saturated carbocycles. The predicted molar refractivity (Wildman–Crippen MR) is 70.6 cm³/mol. The van der Waals surface area contributed by atoms with Crippen molar-refractivity contribution >= 4 is 5.84 Å². The Labute approximate surface area is 120 Å². The van der Waals surface area contributed by atoms with Crippen molar-refractivity contribution in [2.75, 3.05) is 19.8 Å². The van der Waals surface area contributed by atoms with E-state index in [0.29, 0.717) is 6.61 Å². The molecule has 0 aliphatic carbocycles. The van der Waals surface area contributed by atoms with Gasteiger partial charge in [-0.15, -0.1) is 0 Å². The molecule has 21 heavy (non-hydrogen) atoms. The second-order valence-corrected chi connectivity index (χ2v) is 4.15. The number of alkyl halides is 3. The van der Waals surface area contributed by atoms with Gasteiger partial charge in [0.25, 0.3) is 0 Å². The summed E-state index contributed by atoms with van der Waals surface area (Å²) >= 11 is 0. The van der Waals surface area contributed by atoms with Crippen LogP contribution in [0.3, 0.4) is 0 Å². The number of rotatable bonds is 7. The van der Waals surface area contributed by atoms with Crippen LogP contribution >= 0.6 is 0 Å². The zero-order valence-electron chi connectivity index (χ0n) is 11.5. The number of ether oxygens (including phenoxy) is 2. The summed E-state index contributed by atoms with van der Waals surface area (Å²) in [5.41, 5.74) is 4.26. The number of halogens is 3. The Hall–Kier alpha value is -1.96. The third kappa shape index (κ3) is 5.14. The molecule has 0 unspecified atom stereocenters. The molecule has 118 valence electrons. The van der Waals surface area contributed by atoms with Crippen molar-refractivity contribution in [3.8, 4) is 5.75 Å². The average molecular weight is 306 g/mol. The second kappa shape index (κ2) is 7.72. The summed E-state index contributed by atoms with van der Waals surface area (Å²) in [4.78, 5) is 0. The van der Waals surface area contributed by atoms with Crippen molar-refractivity contribution in [1.29, 1.82) is 0 Å². The van der Waals surface area contributed by atoms with E-state index in [0.717, 1.165) is 18.6 Å². The SMILES string of the molecule is CCCOCCOc1ccc(/C(N)=N/O)cc1C(F)(F)F. The summed E-state index contributed by atoms with van der Waals surface area (Å²) in [6, 6.07) is 3.19. The molecule has 0 heterocycles. The molecule has 0 atom stereocenters. The molecule has 1 aromatic carbocycles. The Morgan fingerprint density at radius 2 is 2.00 bits per heavy atom. The van der Waals surface area contributed by atoms with Gasteiger partial charge in [-0.05, 0) is 24.6 Å². The summed E-state index contributed by atoms with van der Waals surface area (Å²) in [5.74, 6) is -0.726. The van der Waals surface area contributed by atoms with Gasteiger partial charge in [0, 0.05) is 12.2 Å². The first-order valence-corrected chi connectivity index (χ1v) is 6.29. The zero-order chi connectivity index (χ0) is 15.9. The molecule has 0 bridgehead atoms. The van der Waals surface area contributed by atoms with Gasteiger partial charge in [-0.25, -0.2) is 0 Å². The van der Waals surface area contributed by atoms with Crippen molar-refractivity contribution in [3.63, 3.8) is 0 Å². The number of hydrogen-bond acceptors (Lipinski definition) is 4. The Bertz CT molecular complexity index is 490. The first kappa shape index (κ1) is 17.1. The summed E-state index contributed by atoms with van der Waals surface area (Å²) < 4.78 is 49.1. The third-order valence-corrected chi connectivity index (χ3v) is 2.52. The molecular weight excluding hydrogens is 289 g/mol. The fourth-order valence-electron chi connectivity index (χ4n) is 1.55. The van der Waals surface area contributed by atoms with Gasteiger partial charge in [0.15, 0.2) is 5.84 Å². The van der Waals surface area contributed by atoms with Crippen molar-refractivity contribution in [2.45, 2.75) is 19.5 Å². The molecule has 0 saturated heterocycles. The molecule has 0 radical (unpaired) electrons. The maximum absolute atomic E-state index is 13.0. The van der Waals surface area contributed by atoms with Gasteiger partial charge in [-0.2, -0.15) is 13.2 Å². The number of nitrogens with two attached hydrogens (primary N) is 1. The van der Waals surface area contributed by atoms with Crippen LogP contribution in [0.1, 0.15) is 24.5 Å². The summed E-state index contributed by atoms with van der Waals surface area (Å²) in [6.45, 7) is 2.66. The molecule has 1 aromatic rings. The molecule has 8 heteroatoms. The summed E-state index contributed by atoms with van der Waals surface area (Å²) in [7, 11) is 0. The van der Waals surface area contributed by atoms with Crippen LogP contribution in [0.15, 0.2) is 23.4 Å². The lowest BCUT2D eigenvalue weighted by Crippen LogP contribution is -2.17. The van der Waals surface area contributed by atoms with Gasteiger partial charge in [0.05, 0.1) is 12.2 Å². The highest BCUT2D eigenvalue weighted by Gasteiger charge is 2.35. The van der Waals surface area contributed by atoms with E-state index in [1.165, 1.54) is 6.07 Å². The largest absolute Gasteiger partial charge is 0.491 e. The van der Waals surface area contributed by atoms with Crippen LogP contribution in [-0.4, -0.2) is 30.9 Å². The Morgan fingerprint density at radius 1 is 1.29 bits per heavy atom. The van der Waals surface area contributed by atoms with Gasteiger partial charge < -0.3 is 20.4 Å². The zero-order valence-corrected chi connectivity index (χ0v) is 11.5. The monoisotopic (exact) mass is 306 g/mol. The van der Waals surface area contributed by atoms with Gasteiger partial charge in [0.1, 0.15) is 12.4 Å². The van der Waals surface area contributed by atoms with Gasteiger partial charge in [0.2, 0.25) is 0 Å². The molecule has 0 spiro atoms. The van der Waals surface area contributed by atoms with E-state index < -0.39 is 17.6 Å². The minimum atomic E-state index is -4.61. The summed E-state index contributed by atoms with van der Waals surface area (Å²) in [5, 5.41) is 11.2. The smallest absolute Gasteiger partial charge is 0.419 e. The molecule has 1 rings (SSSR count). The van der Waals surface area contributed by atoms with E-state index in [9.17, 15) is 13.2 Å². The standard InChI is InChI=1S/C13H17F3N2O3/c1-2-5-20-6-7-21-11-4-3-9(12(17)18-19)8-10(11)13(14,15)16/h3-4,8,19H,2,5-7H2,1H3,(H2,17,18). The van der Waals surface area contributed by atoms with Crippen LogP contribution in [0, 0.1) is 0 Å². The van der Waals surface area contributed by atoms with Crippen LogP contribution in [0.2, 0.25) is 0 Å². The van der Waals surface area contributed by atoms with Crippen molar-refractivity contribution < 1.29 is 27.9 Å². The minimum absolute atomic E-state index is 0.00595. The highest BCUT2D eigenvalue weighted by Crippen LogP contribution is 2.36. The highest BCUT2D eigenvalue weighted by atomic mass is 19.4. The van der Waals surface area contributed by atoms with Crippen LogP contribution in [0.25, 0.3) is 0 Å². The fourth-order valence-corrected chi connectivity index (χ4v) is 1.55. The first-order valence-electron chi connectivity index (χ1n) is 6.29. The predicted octanol–water partition coefficient (Wildman–Crippen LogP) is 2.61. The molecular formula is C13H17F3N2O3. The number of oxime groups is 1. The number of benzene rings is 1. The molecule has 0 fully saturated rings. The van der Waals surface area contributed by atoms with Crippen molar-refractivity contribution in [1.82, 2.24) is 0 Å². The molecule has 0 aromatic heterocycles. The lowest BCUT2D eigenvalue weighted by atomic mass is 10.1. The van der Waals surface area contributed by atoms with E-state index in [2.05, 4.69) is 5.16 Å². The Morgan fingerprint density at radius 3 is 2.57 bits per heavy atom. The fraction of sp³-hybridized carbons (Fsp3) is 0.462. The van der Waals surface area contributed by atoms with E-state index >= 15 is 0 Å². The number of nitrogens with zero attached hydrogens (tertiary/aromatic N) is 1. The maximum Gasteiger partial charge on any atom is 0.419 e. The second-order valence-electron chi connectivity index (χ2n) is 4.15. The Kier molecular flexibility index (Phi) is 6.29. The number of amidine groups is 1. The number of hydrogen-bond donors (Lipinski definition) is 2. The topological polar surface area (TPSA) is 77.1 Å². The quantitative estimate of drug-likeness (QED) is 0.267. The molecule has 5 nitrogen and oxygen atoms in total. The van der Waals surface area contributed by atoms with E-state index in [1.807, 2.05) is 6.92 Å². The lowest BCUT2D eigenvalue weighted by molar-refractivity contribution is -0.139. The van der Waals surface area contributed by atoms with E-state index in [4.69, 9.17) is 20.4 Å². The molecule has 0 aliphatic rings. The van der Waals surface area contributed by atoms with Gasteiger partial charge >= 0.3 is 6.18 Å². The van der Waals surface area contributed by atoms with Crippen LogP contribution in [0.4, 0.5) is 13.2 Å². The molecule has 3 N–H and O–H groups in total.